The molecule has 0 radical (unpaired) electrons. The van der Waals surface area contributed by atoms with Crippen LogP contribution in [0.3, 0.4) is 0 Å². The molecule has 0 aliphatic heterocycles. The highest BCUT2D eigenvalue weighted by molar-refractivity contribution is 9.10. The van der Waals surface area contributed by atoms with Gasteiger partial charge in [0.1, 0.15) is 0 Å². The van der Waals surface area contributed by atoms with E-state index in [-0.39, 0.29) is 4.73 Å². The Labute approximate surface area is 61.8 Å². The van der Waals surface area contributed by atoms with Crippen molar-refractivity contribution < 1.29 is 13.2 Å². The molecule has 0 saturated carbocycles. The second-order valence-electron chi connectivity index (χ2n) is 1.45. The summed E-state index contributed by atoms with van der Waals surface area (Å²) in [5, 5.41) is 4.89. The first-order chi connectivity index (χ1) is 4.50. The van der Waals surface area contributed by atoms with E-state index in [9.17, 15) is 13.2 Å². The fourth-order valence-electron chi connectivity index (χ4n) is 0.369. The molecule has 1 rings (SSSR count). The molecular formula is C3HBrF3N3. The molecule has 0 fully saturated rings. The van der Waals surface area contributed by atoms with Crippen molar-refractivity contribution in [2.24, 2.45) is 0 Å². The van der Waals surface area contributed by atoms with Gasteiger partial charge in [0.25, 0.3) is 5.82 Å². The van der Waals surface area contributed by atoms with Crippen molar-refractivity contribution in [2.45, 2.75) is 6.18 Å². The van der Waals surface area contributed by atoms with E-state index in [0.717, 1.165) is 0 Å². The number of hydrogen-bond donors (Lipinski definition) is 1. The summed E-state index contributed by atoms with van der Waals surface area (Å²) in [4.78, 5) is 3.01. The molecule has 0 aromatic carbocycles. The van der Waals surface area contributed by atoms with Crippen molar-refractivity contribution >= 4 is 15.9 Å². The number of nitrogens with zero attached hydrogens (tertiary/aromatic N) is 2. The van der Waals surface area contributed by atoms with Crippen LogP contribution >= 0.6 is 15.9 Å². The molecule has 0 atom stereocenters. The Morgan fingerprint density at radius 1 is 1.40 bits per heavy atom. The van der Waals surface area contributed by atoms with E-state index in [1.165, 1.54) is 0 Å². The largest absolute Gasteiger partial charge is 0.453 e. The van der Waals surface area contributed by atoms with Crippen molar-refractivity contribution in [3.63, 3.8) is 0 Å². The highest BCUT2D eigenvalue weighted by atomic mass is 79.9. The fourth-order valence-corrected chi connectivity index (χ4v) is 0.625. The normalized spacial score (nSPS) is 12.0. The molecule has 56 valence electrons. The lowest BCUT2D eigenvalue weighted by Gasteiger charge is -1.96. The molecule has 0 aliphatic carbocycles. The van der Waals surface area contributed by atoms with Gasteiger partial charge in [-0.25, -0.2) is 0 Å². The lowest BCUT2D eigenvalue weighted by atomic mass is 10.6. The molecule has 10 heavy (non-hydrogen) atoms. The number of nitrogens with one attached hydrogen (secondary N) is 1. The quantitative estimate of drug-likeness (QED) is 0.715. The van der Waals surface area contributed by atoms with Crippen LogP contribution in [0.15, 0.2) is 4.73 Å². The van der Waals surface area contributed by atoms with Gasteiger partial charge in [-0.3, -0.25) is 5.10 Å². The Bertz CT molecular complexity index is 229. The van der Waals surface area contributed by atoms with Gasteiger partial charge in [0.15, 0.2) is 4.73 Å². The number of aromatic amines is 1. The van der Waals surface area contributed by atoms with Crippen molar-refractivity contribution in [1.29, 1.82) is 0 Å². The molecule has 0 aliphatic rings. The minimum Gasteiger partial charge on any atom is -0.253 e. The Balaban J connectivity index is 2.96. The van der Waals surface area contributed by atoms with Gasteiger partial charge in [-0.1, -0.05) is 0 Å². The van der Waals surface area contributed by atoms with Gasteiger partial charge in [0.2, 0.25) is 0 Å². The number of halogens is 4. The average molecular weight is 216 g/mol. The SMILES string of the molecule is FC(F)(F)c1n[nH]c(Br)n1. The van der Waals surface area contributed by atoms with E-state index in [1.54, 1.807) is 0 Å². The van der Waals surface area contributed by atoms with Crippen molar-refractivity contribution in [3.8, 4) is 0 Å². The van der Waals surface area contributed by atoms with E-state index in [4.69, 9.17) is 0 Å². The number of hydrogen-bond acceptors (Lipinski definition) is 2. The molecule has 1 N–H and O–H groups in total. The van der Waals surface area contributed by atoms with Crippen LogP contribution < -0.4 is 0 Å². The molecule has 1 aromatic heterocycles. The van der Waals surface area contributed by atoms with Crippen molar-refractivity contribution in [3.05, 3.63) is 10.6 Å². The Hall–Kier alpha value is -0.590. The van der Waals surface area contributed by atoms with Gasteiger partial charge in [-0.05, 0) is 15.9 Å². The van der Waals surface area contributed by atoms with Gasteiger partial charge < -0.3 is 0 Å². The first-order valence-corrected chi connectivity index (χ1v) is 2.94. The molecule has 0 spiro atoms. The molecule has 1 aromatic rings. The van der Waals surface area contributed by atoms with E-state index in [2.05, 4.69) is 26.0 Å². The van der Waals surface area contributed by atoms with Gasteiger partial charge in [-0.2, -0.15) is 18.2 Å². The van der Waals surface area contributed by atoms with Crippen molar-refractivity contribution in [2.75, 3.05) is 0 Å². The fraction of sp³-hybridized carbons (Fsp3) is 0.333. The van der Waals surface area contributed by atoms with Crippen molar-refractivity contribution in [1.82, 2.24) is 15.2 Å². The van der Waals surface area contributed by atoms with E-state index < -0.39 is 12.0 Å². The van der Waals surface area contributed by atoms with Gasteiger partial charge >= 0.3 is 6.18 Å². The lowest BCUT2D eigenvalue weighted by Crippen LogP contribution is -2.07. The molecule has 0 saturated heterocycles. The maximum atomic E-state index is 11.6. The van der Waals surface area contributed by atoms with Crippen LogP contribution in [0.1, 0.15) is 5.82 Å². The minimum absolute atomic E-state index is 0.0279. The predicted molar refractivity (Wildman–Crippen MR) is 29.1 cm³/mol. The Morgan fingerprint density at radius 3 is 2.20 bits per heavy atom. The number of aromatic nitrogens is 3. The molecule has 1 heterocycles. The van der Waals surface area contributed by atoms with E-state index >= 15 is 0 Å². The highest BCUT2D eigenvalue weighted by Gasteiger charge is 2.35. The van der Waals surface area contributed by atoms with Gasteiger partial charge in [0, 0.05) is 0 Å². The summed E-state index contributed by atoms with van der Waals surface area (Å²) < 4.78 is 34.9. The summed E-state index contributed by atoms with van der Waals surface area (Å²) in [5.41, 5.74) is 0. The highest BCUT2D eigenvalue weighted by Crippen LogP contribution is 2.26. The minimum atomic E-state index is -4.47. The zero-order chi connectivity index (χ0) is 7.78. The van der Waals surface area contributed by atoms with Crippen LogP contribution in [-0.2, 0) is 6.18 Å². The maximum absolute atomic E-state index is 11.6. The van der Waals surface area contributed by atoms with Crippen LogP contribution in [0.2, 0.25) is 0 Å². The molecule has 3 nitrogen and oxygen atoms in total. The summed E-state index contributed by atoms with van der Waals surface area (Å²) in [6.07, 6.45) is -4.47. The van der Waals surface area contributed by atoms with E-state index in [0.29, 0.717) is 0 Å². The van der Waals surface area contributed by atoms with Crippen LogP contribution in [0, 0.1) is 0 Å². The average Bonchev–Trinajstić information content (AvgIpc) is 2.11. The van der Waals surface area contributed by atoms with E-state index in [1.807, 2.05) is 5.10 Å². The third-order valence-electron chi connectivity index (χ3n) is 0.712. The Morgan fingerprint density at radius 2 is 2.00 bits per heavy atom. The van der Waals surface area contributed by atoms with Crippen LogP contribution in [0.25, 0.3) is 0 Å². The summed E-state index contributed by atoms with van der Waals surface area (Å²) in [6, 6.07) is 0. The summed E-state index contributed by atoms with van der Waals surface area (Å²) in [6.45, 7) is 0. The zero-order valence-corrected chi connectivity index (χ0v) is 5.99. The van der Waals surface area contributed by atoms with Crippen LogP contribution in [-0.4, -0.2) is 15.2 Å². The third-order valence-corrected chi connectivity index (χ3v) is 1.07. The van der Waals surface area contributed by atoms with Crippen LogP contribution in [0.4, 0.5) is 13.2 Å². The number of H-pyrrole nitrogens is 1. The topological polar surface area (TPSA) is 41.6 Å². The third kappa shape index (κ3) is 1.47. The molecule has 0 amide bonds. The van der Waals surface area contributed by atoms with Crippen LogP contribution in [0.5, 0.6) is 0 Å². The number of rotatable bonds is 0. The second-order valence-corrected chi connectivity index (χ2v) is 2.20. The molecule has 7 heteroatoms. The smallest absolute Gasteiger partial charge is 0.253 e. The molecular weight excluding hydrogens is 215 g/mol. The monoisotopic (exact) mass is 215 g/mol. The standard InChI is InChI=1S/C3HBrF3N3/c4-2-8-1(9-10-2)3(5,6)7/h(H,8,9,10). The molecule has 0 unspecified atom stereocenters. The first kappa shape index (κ1) is 7.52. The lowest BCUT2D eigenvalue weighted by molar-refractivity contribution is -0.144. The maximum Gasteiger partial charge on any atom is 0.453 e. The molecule has 0 bridgehead atoms. The number of alkyl halides is 3. The predicted octanol–water partition coefficient (Wildman–Crippen LogP) is 1.59. The summed E-state index contributed by atoms with van der Waals surface area (Å²) in [7, 11) is 0. The summed E-state index contributed by atoms with van der Waals surface area (Å²) in [5.74, 6) is -1.17. The van der Waals surface area contributed by atoms with Gasteiger partial charge in [0.05, 0.1) is 0 Å². The second kappa shape index (κ2) is 2.22. The Kier molecular flexibility index (Phi) is 1.67. The zero-order valence-electron chi connectivity index (χ0n) is 4.41. The van der Waals surface area contributed by atoms with Gasteiger partial charge in [-0.15, -0.1) is 5.10 Å². The first-order valence-electron chi connectivity index (χ1n) is 2.15. The summed E-state index contributed by atoms with van der Waals surface area (Å²) >= 11 is 2.70.